The van der Waals surface area contributed by atoms with Crippen LogP contribution in [0.15, 0.2) is 28.7 Å². The van der Waals surface area contributed by atoms with Gasteiger partial charge in [0.05, 0.1) is 0 Å². The van der Waals surface area contributed by atoms with Gasteiger partial charge >= 0.3 is 5.97 Å². The van der Waals surface area contributed by atoms with Crippen molar-refractivity contribution >= 4 is 27.8 Å². The fourth-order valence-electron chi connectivity index (χ4n) is 1.37. The molecule has 0 bridgehead atoms. The molecule has 0 saturated carbocycles. The summed E-state index contributed by atoms with van der Waals surface area (Å²) < 4.78 is 0.837. The monoisotopic (exact) mass is 299 g/mol. The van der Waals surface area contributed by atoms with E-state index in [1.54, 1.807) is 25.1 Å². The van der Waals surface area contributed by atoms with E-state index in [0.29, 0.717) is 12.1 Å². The first-order valence-electron chi connectivity index (χ1n) is 5.24. The van der Waals surface area contributed by atoms with Gasteiger partial charge in [-0.1, -0.05) is 28.9 Å². The molecule has 0 radical (unpaired) electrons. The Labute approximate surface area is 108 Å². The van der Waals surface area contributed by atoms with Gasteiger partial charge in [-0.05, 0) is 24.1 Å². The minimum atomic E-state index is -0.853. The second-order valence-corrected chi connectivity index (χ2v) is 4.84. The first-order chi connectivity index (χ1) is 7.99. The second kappa shape index (κ2) is 6.39. The minimum absolute atomic E-state index is 0.0543. The van der Waals surface area contributed by atoms with E-state index in [-0.39, 0.29) is 18.2 Å². The summed E-state index contributed by atoms with van der Waals surface area (Å²) in [5, 5.41) is 11.3. The van der Waals surface area contributed by atoms with Crippen molar-refractivity contribution in [2.45, 2.75) is 13.3 Å². The zero-order valence-electron chi connectivity index (χ0n) is 9.44. The fraction of sp³-hybridized carbons (Fsp3) is 0.333. The predicted octanol–water partition coefficient (Wildman–Crippen LogP) is 2.29. The highest BCUT2D eigenvalue weighted by Crippen LogP contribution is 2.11. The van der Waals surface area contributed by atoms with Crippen molar-refractivity contribution in [3.05, 3.63) is 34.3 Å². The molecule has 5 heteroatoms. The third-order valence-electron chi connectivity index (χ3n) is 2.22. The summed E-state index contributed by atoms with van der Waals surface area (Å²) in [5.41, 5.74) is 0.557. The van der Waals surface area contributed by atoms with Crippen LogP contribution in [0.1, 0.15) is 23.7 Å². The van der Waals surface area contributed by atoms with Crippen molar-refractivity contribution in [2.75, 3.05) is 6.54 Å². The average Bonchev–Trinajstić information content (AvgIpc) is 2.25. The van der Waals surface area contributed by atoms with Crippen LogP contribution in [0.25, 0.3) is 0 Å². The van der Waals surface area contributed by atoms with Crippen LogP contribution in [0.4, 0.5) is 0 Å². The normalized spacial score (nSPS) is 11.9. The van der Waals surface area contributed by atoms with Crippen LogP contribution in [-0.2, 0) is 4.79 Å². The summed E-state index contributed by atoms with van der Waals surface area (Å²) in [5.74, 6) is -1.12. The van der Waals surface area contributed by atoms with Gasteiger partial charge in [-0.15, -0.1) is 0 Å². The molecular formula is C12H14BrNO3. The molecule has 4 nitrogen and oxygen atoms in total. The Kier molecular flexibility index (Phi) is 5.15. The van der Waals surface area contributed by atoms with E-state index < -0.39 is 5.97 Å². The number of carbonyl (C=O) groups excluding carboxylic acids is 1. The Hall–Kier alpha value is -1.36. The molecule has 1 aromatic rings. The first-order valence-corrected chi connectivity index (χ1v) is 6.04. The lowest BCUT2D eigenvalue weighted by atomic mass is 10.1. The van der Waals surface area contributed by atoms with E-state index in [4.69, 9.17) is 5.11 Å². The van der Waals surface area contributed by atoms with Crippen molar-refractivity contribution in [3.8, 4) is 0 Å². The van der Waals surface area contributed by atoms with E-state index in [1.807, 2.05) is 6.07 Å². The Bertz CT molecular complexity index is 420. The predicted molar refractivity (Wildman–Crippen MR) is 67.9 cm³/mol. The van der Waals surface area contributed by atoms with E-state index >= 15 is 0 Å². The largest absolute Gasteiger partial charge is 0.481 e. The number of aliphatic carboxylic acids is 1. The number of hydrogen-bond donors (Lipinski definition) is 2. The number of carboxylic acids is 1. The Morgan fingerprint density at radius 1 is 1.47 bits per heavy atom. The maximum atomic E-state index is 11.7. The van der Waals surface area contributed by atoms with Gasteiger partial charge in [0, 0.05) is 23.0 Å². The Morgan fingerprint density at radius 3 is 2.76 bits per heavy atom. The third kappa shape index (κ3) is 4.99. The first kappa shape index (κ1) is 13.7. The van der Waals surface area contributed by atoms with E-state index in [1.165, 1.54) is 0 Å². The number of carboxylic acid groups (broad SMARTS) is 1. The van der Waals surface area contributed by atoms with Gasteiger partial charge in [0.15, 0.2) is 0 Å². The summed E-state index contributed by atoms with van der Waals surface area (Å²) >= 11 is 3.29. The number of rotatable bonds is 5. The molecule has 0 aliphatic rings. The molecule has 1 atom stereocenters. The topological polar surface area (TPSA) is 66.4 Å². The van der Waals surface area contributed by atoms with Gasteiger partial charge in [0.1, 0.15) is 0 Å². The highest BCUT2D eigenvalue weighted by atomic mass is 79.9. The van der Waals surface area contributed by atoms with Crippen molar-refractivity contribution in [3.63, 3.8) is 0 Å². The maximum Gasteiger partial charge on any atom is 0.303 e. The SMILES string of the molecule is CC(CNC(=O)c1cccc(Br)c1)CC(=O)O. The number of benzene rings is 1. The number of carbonyl (C=O) groups is 2. The van der Waals surface area contributed by atoms with Gasteiger partial charge in [-0.3, -0.25) is 9.59 Å². The molecule has 1 unspecified atom stereocenters. The Morgan fingerprint density at radius 2 is 2.18 bits per heavy atom. The second-order valence-electron chi connectivity index (χ2n) is 3.92. The van der Waals surface area contributed by atoms with Crippen LogP contribution in [0.3, 0.4) is 0 Å². The van der Waals surface area contributed by atoms with Gasteiger partial charge in [-0.25, -0.2) is 0 Å². The van der Waals surface area contributed by atoms with Crippen molar-refractivity contribution in [2.24, 2.45) is 5.92 Å². The highest BCUT2D eigenvalue weighted by Gasteiger charge is 2.10. The van der Waals surface area contributed by atoms with Gasteiger partial charge in [0.25, 0.3) is 5.91 Å². The van der Waals surface area contributed by atoms with Crippen LogP contribution in [-0.4, -0.2) is 23.5 Å². The molecule has 92 valence electrons. The smallest absolute Gasteiger partial charge is 0.303 e. The molecule has 0 aromatic heterocycles. The number of amides is 1. The molecular weight excluding hydrogens is 286 g/mol. The van der Waals surface area contributed by atoms with Crippen LogP contribution < -0.4 is 5.32 Å². The summed E-state index contributed by atoms with van der Waals surface area (Å²) in [6.07, 6.45) is 0.0543. The minimum Gasteiger partial charge on any atom is -0.481 e. The molecule has 17 heavy (non-hydrogen) atoms. The number of nitrogens with one attached hydrogen (secondary N) is 1. The molecule has 1 rings (SSSR count). The molecule has 1 amide bonds. The van der Waals surface area contributed by atoms with Gasteiger partial charge < -0.3 is 10.4 Å². The summed E-state index contributed by atoms with van der Waals surface area (Å²) in [7, 11) is 0. The van der Waals surface area contributed by atoms with Crippen LogP contribution in [0.2, 0.25) is 0 Å². The van der Waals surface area contributed by atoms with Crippen LogP contribution in [0.5, 0.6) is 0 Å². The average molecular weight is 300 g/mol. The lowest BCUT2D eigenvalue weighted by Crippen LogP contribution is -2.29. The van der Waals surface area contributed by atoms with Gasteiger partial charge in [0.2, 0.25) is 0 Å². The quantitative estimate of drug-likeness (QED) is 0.877. The van der Waals surface area contributed by atoms with Crippen LogP contribution >= 0.6 is 15.9 Å². The number of halogens is 1. The standard InChI is InChI=1S/C12H14BrNO3/c1-8(5-11(15)16)7-14-12(17)9-3-2-4-10(13)6-9/h2-4,6,8H,5,7H2,1H3,(H,14,17)(H,15,16). The molecule has 0 spiro atoms. The maximum absolute atomic E-state index is 11.7. The zero-order chi connectivity index (χ0) is 12.8. The lowest BCUT2D eigenvalue weighted by Gasteiger charge is -2.10. The van der Waals surface area contributed by atoms with Crippen molar-refractivity contribution in [1.29, 1.82) is 0 Å². The van der Waals surface area contributed by atoms with E-state index in [2.05, 4.69) is 21.2 Å². The fourth-order valence-corrected chi connectivity index (χ4v) is 1.77. The van der Waals surface area contributed by atoms with Gasteiger partial charge in [-0.2, -0.15) is 0 Å². The number of hydrogen-bond acceptors (Lipinski definition) is 2. The van der Waals surface area contributed by atoms with Crippen LogP contribution in [0, 0.1) is 5.92 Å². The summed E-state index contributed by atoms with van der Waals surface area (Å²) in [4.78, 5) is 22.2. The lowest BCUT2D eigenvalue weighted by molar-refractivity contribution is -0.137. The molecule has 0 aliphatic heterocycles. The third-order valence-corrected chi connectivity index (χ3v) is 2.71. The molecule has 1 aromatic carbocycles. The molecule has 0 aliphatic carbocycles. The summed E-state index contributed by atoms with van der Waals surface area (Å²) in [6.45, 7) is 2.15. The van der Waals surface area contributed by atoms with E-state index in [0.717, 1.165) is 4.47 Å². The highest BCUT2D eigenvalue weighted by molar-refractivity contribution is 9.10. The molecule has 2 N–H and O–H groups in total. The Balaban J connectivity index is 2.47. The molecule has 0 fully saturated rings. The van der Waals surface area contributed by atoms with Crippen molar-refractivity contribution in [1.82, 2.24) is 5.32 Å². The van der Waals surface area contributed by atoms with E-state index in [9.17, 15) is 9.59 Å². The molecule has 0 saturated heterocycles. The zero-order valence-corrected chi connectivity index (χ0v) is 11.0. The summed E-state index contributed by atoms with van der Waals surface area (Å²) in [6, 6.07) is 7.04. The molecule has 0 heterocycles. The van der Waals surface area contributed by atoms with Crippen molar-refractivity contribution < 1.29 is 14.7 Å².